The van der Waals surface area contributed by atoms with E-state index in [4.69, 9.17) is 2.74 Å². The second-order valence-electron chi connectivity index (χ2n) is 1.88. The van der Waals surface area contributed by atoms with Gasteiger partial charge in [-0.3, -0.25) is 0 Å². The van der Waals surface area contributed by atoms with E-state index in [1.807, 2.05) is 0 Å². The highest BCUT2D eigenvalue weighted by atomic mass is 14.9. The van der Waals surface area contributed by atoms with Gasteiger partial charge in [-0.05, 0) is 32.6 Å². The van der Waals surface area contributed by atoms with Crippen LogP contribution in [0.25, 0.3) is 0 Å². The molecule has 0 saturated heterocycles. The molecule has 0 spiro atoms. The third-order valence-electron chi connectivity index (χ3n) is 1.08. The lowest BCUT2D eigenvalue weighted by atomic mass is 10.4. The van der Waals surface area contributed by atoms with E-state index in [0.717, 1.165) is 26.1 Å². The zero-order chi connectivity index (χ0) is 8.74. The first-order valence-corrected chi connectivity index (χ1v) is 3.52. The van der Waals surface area contributed by atoms with Gasteiger partial charge in [0.15, 0.2) is 0 Å². The van der Waals surface area contributed by atoms with E-state index in [1.54, 1.807) is 0 Å². The molecule has 0 fully saturated rings. The van der Waals surface area contributed by atoms with Crippen molar-refractivity contribution in [3.05, 3.63) is 0 Å². The number of nitrogens with one attached hydrogen (secondary N) is 2. The quantitative estimate of drug-likeness (QED) is 0.517. The maximum absolute atomic E-state index is 7.15. The molecular weight excluding hydrogens is 112 g/mol. The minimum Gasteiger partial charge on any atom is -0.317 e. The molecule has 0 aliphatic rings. The van der Waals surface area contributed by atoms with Gasteiger partial charge in [0.05, 0.1) is 0 Å². The fraction of sp³-hybridized carbons (Fsp3) is 1.00. The molecule has 2 N–H and O–H groups in total. The molecule has 2 heteroatoms. The third kappa shape index (κ3) is 7.92. The summed E-state index contributed by atoms with van der Waals surface area (Å²) in [5, 5.41) is 5.95. The van der Waals surface area contributed by atoms with Gasteiger partial charge >= 0.3 is 0 Å². The number of hydrogen-bond donors (Lipinski definition) is 2. The van der Waals surface area contributed by atoms with Crippen molar-refractivity contribution in [3.63, 3.8) is 0 Å². The Balaban J connectivity index is 3.02. The Kier molecular flexibility index (Phi) is 5.00. The fourth-order valence-electron chi connectivity index (χ4n) is 0.604. The first kappa shape index (κ1) is 5.69. The Bertz CT molecular complexity index is 90.9. The van der Waals surface area contributed by atoms with E-state index < -0.39 is 6.50 Å². The van der Waals surface area contributed by atoms with Crippen molar-refractivity contribution in [3.8, 4) is 0 Å². The van der Waals surface area contributed by atoms with Gasteiger partial charge in [-0.1, -0.05) is 13.8 Å². The van der Waals surface area contributed by atoms with Gasteiger partial charge in [-0.25, -0.2) is 0 Å². The van der Waals surface area contributed by atoms with Gasteiger partial charge in [0.1, 0.15) is 0 Å². The van der Waals surface area contributed by atoms with Crippen LogP contribution < -0.4 is 10.6 Å². The van der Waals surface area contributed by atoms with Gasteiger partial charge in [0, 0.05) is 2.74 Å². The normalized spacial score (nSPS) is 14.9. The lowest BCUT2D eigenvalue weighted by molar-refractivity contribution is 0.619. The SMILES string of the molecule is [2H]C([2H])(C)NCCCNCC. The van der Waals surface area contributed by atoms with E-state index in [0.29, 0.717) is 0 Å². The van der Waals surface area contributed by atoms with E-state index in [2.05, 4.69) is 17.6 Å². The van der Waals surface area contributed by atoms with Gasteiger partial charge in [0.2, 0.25) is 0 Å². The van der Waals surface area contributed by atoms with E-state index in [9.17, 15) is 0 Å². The van der Waals surface area contributed by atoms with Crippen LogP contribution in [0, 0.1) is 0 Å². The summed E-state index contributed by atoms with van der Waals surface area (Å²) in [6.07, 6.45) is 0.973. The number of hydrogen-bond acceptors (Lipinski definition) is 2. The molecule has 0 bridgehead atoms. The van der Waals surface area contributed by atoms with Crippen LogP contribution in [0.15, 0.2) is 0 Å². The summed E-state index contributed by atoms with van der Waals surface area (Å²) >= 11 is 0. The van der Waals surface area contributed by atoms with E-state index >= 15 is 0 Å². The standard InChI is InChI=1S/C7H18N2/c1-3-8-6-5-7-9-4-2/h8-9H,3-7H2,1-2H3/i3D2. The van der Waals surface area contributed by atoms with Crippen molar-refractivity contribution in [2.75, 3.05) is 26.1 Å². The summed E-state index contributed by atoms with van der Waals surface area (Å²) in [7, 11) is 0. The molecule has 0 aromatic heterocycles. The maximum atomic E-state index is 7.15. The van der Waals surface area contributed by atoms with Gasteiger partial charge in [0.25, 0.3) is 0 Å². The third-order valence-corrected chi connectivity index (χ3v) is 1.08. The molecule has 0 heterocycles. The second-order valence-corrected chi connectivity index (χ2v) is 1.88. The van der Waals surface area contributed by atoms with Crippen molar-refractivity contribution in [2.45, 2.75) is 20.3 Å². The molecule has 0 aromatic carbocycles. The molecule has 0 saturated carbocycles. The topological polar surface area (TPSA) is 24.1 Å². The van der Waals surface area contributed by atoms with Crippen LogP contribution >= 0.6 is 0 Å². The summed E-state index contributed by atoms with van der Waals surface area (Å²) in [6, 6.07) is 0. The van der Waals surface area contributed by atoms with Crippen molar-refractivity contribution in [1.29, 1.82) is 0 Å². The summed E-state index contributed by atoms with van der Waals surface area (Å²) in [5.74, 6) is 0. The average molecular weight is 132 g/mol. The number of rotatable bonds is 6. The molecule has 0 unspecified atom stereocenters. The smallest absolute Gasteiger partial charge is 0.0425 e. The largest absolute Gasteiger partial charge is 0.317 e. The Morgan fingerprint density at radius 2 is 1.89 bits per heavy atom. The summed E-state index contributed by atoms with van der Waals surface area (Å²) in [4.78, 5) is 0. The van der Waals surface area contributed by atoms with Crippen LogP contribution in [0.3, 0.4) is 0 Å². The molecule has 0 atom stereocenters. The zero-order valence-electron chi connectivity index (χ0n) is 8.33. The molecular formula is C7H18N2. The molecule has 0 radical (unpaired) electrons. The Labute approximate surface area is 60.8 Å². The Morgan fingerprint density at radius 3 is 2.44 bits per heavy atom. The minimum absolute atomic E-state index is 0.733. The lowest BCUT2D eigenvalue weighted by Gasteiger charge is -2.00. The molecule has 56 valence electrons. The molecule has 9 heavy (non-hydrogen) atoms. The molecule has 2 nitrogen and oxygen atoms in total. The molecule has 0 aliphatic heterocycles. The van der Waals surface area contributed by atoms with E-state index in [1.165, 1.54) is 6.92 Å². The van der Waals surface area contributed by atoms with Crippen molar-refractivity contribution in [2.24, 2.45) is 0 Å². The van der Waals surface area contributed by atoms with Crippen molar-refractivity contribution in [1.82, 2.24) is 10.6 Å². The highest BCUT2D eigenvalue weighted by molar-refractivity contribution is 4.47. The average Bonchev–Trinajstić information content (AvgIpc) is 1.85. The molecule has 0 rings (SSSR count). The van der Waals surface area contributed by atoms with Crippen LogP contribution in [-0.2, 0) is 0 Å². The second kappa shape index (κ2) is 7.92. The van der Waals surface area contributed by atoms with Crippen molar-refractivity contribution < 1.29 is 2.74 Å². The fourth-order valence-corrected chi connectivity index (χ4v) is 0.604. The molecule has 0 aliphatic carbocycles. The Morgan fingerprint density at radius 1 is 1.22 bits per heavy atom. The highest BCUT2D eigenvalue weighted by Gasteiger charge is 1.82. The van der Waals surface area contributed by atoms with Crippen LogP contribution in [0.2, 0.25) is 0 Å². The predicted molar refractivity (Wildman–Crippen MR) is 41.7 cm³/mol. The first-order valence-electron chi connectivity index (χ1n) is 4.52. The summed E-state index contributed by atoms with van der Waals surface area (Å²) in [5.41, 5.74) is 0. The molecule has 0 amide bonds. The monoisotopic (exact) mass is 132 g/mol. The van der Waals surface area contributed by atoms with Crippen LogP contribution in [0.4, 0.5) is 0 Å². The van der Waals surface area contributed by atoms with Crippen LogP contribution in [-0.4, -0.2) is 26.1 Å². The summed E-state index contributed by atoms with van der Waals surface area (Å²) in [6.45, 7) is 5.04. The molecule has 0 aromatic rings. The predicted octanol–water partition coefficient (Wildman–Crippen LogP) is 0.595. The maximum Gasteiger partial charge on any atom is 0.0425 e. The lowest BCUT2D eigenvalue weighted by Crippen LogP contribution is -2.21. The Hall–Kier alpha value is -0.0800. The van der Waals surface area contributed by atoms with Gasteiger partial charge < -0.3 is 10.6 Å². The minimum atomic E-state index is -1.23. The van der Waals surface area contributed by atoms with Crippen LogP contribution in [0.5, 0.6) is 0 Å². The van der Waals surface area contributed by atoms with Gasteiger partial charge in [-0.2, -0.15) is 0 Å². The highest BCUT2D eigenvalue weighted by Crippen LogP contribution is 1.70. The van der Waals surface area contributed by atoms with Gasteiger partial charge in [-0.15, -0.1) is 0 Å². The first-order chi connectivity index (χ1) is 5.06. The zero-order valence-corrected chi connectivity index (χ0v) is 6.33. The van der Waals surface area contributed by atoms with Crippen LogP contribution in [0.1, 0.15) is 23.0 Å². The van der Waals surface area contributed by atoms with E-state index in [-0.39, 0.29) is 0 Å². The van der Waals surface area contributed by atoms with Crippen molar-refractivity contribution >= 4 is 0 Å². The summed E-state index contributed by atoms with van der Waals surface area (Å²) < 4.78 is 14.3.